The van der Waals surface area contributed by atoms with Gasteiger partial charge < -0.3 is 8.83 Å². The van der Waals surface area contributed by atoms with E-state index in [2.05, 4.69) is 10.2 Å². The Morgan fingerprint density at radius 3 is 2.53 bits per heavy atom. The smallest absolute Gasteiger partial charge is 0.347 e. The van der Waals surface area contributed by atoms with Crippen LogP contribution in [0, 0.1) is 0 Å². The monoisotopic (exact) mass is 414 g/mol. The fraction of sp³-hybridized carbons (Fsp3) is 0.0435. The minimum Gasteiger partial charge on any atom is -0.422 e. The van der Waals surface area contributed by atoms with Gasteiger partial charge in [0.05, 0.1) is 5.75 Å². The van der Waals surface area contributed by atoms with Gasteiger partial charge in [0.2, 0.25) is 5.89 Å². The fourth-order valence-corrected chi connectivity index (χ4v) is 3.90. The maximum atomic E-state index is 12.6. The first kappa shape index (κ1) is 18.3. The summed E-state index contributed by atoms with van der Waals surface area (Å²) < 4.78 is 11.0. The van der Waals surface area contributed by atoms with Gasteiger partial charge in [0.15, 0.2) is 5.78 Å². The normalized spacial score (nSPS) is 11.2. The van der Waals surface area contributed by atoms with Crippen molar-refractivity contribution in [2.45, 2.75) is 5.22 Å². The quantitative estimate of drug-likeness (QED) is 0.228. The Bertz CT molecular complexity index is 1450. The van der Waals surface area contributed by atoms with E-state index in [0.29, 0.717) is 16.9 Å². The van der Waals surface area contributed by atoms with Crippen LogP contribution in [0.4, 0.5) is 0 Å². The Kier molecular flexibility index (Phi) is 4.65. The summed E-state index contributed by atoms with van der Waals surface area (Å²) in [6.45, 7) is 0. The zero-order valence-electron chi connectivity index (χ0n) is 15.6. The highest BCUT2D eigenvalue weighted by atomic mass is 32.2. The maximum Gasteiger partial charge on any atom is 0.347 e. The molecule has 0 aliphatic heterocycles. The summed E-state index contributed by atoms with van der Waals surface area (Å²) in [7, 11) is 0. The van der Waals surface area contributed by atoms with Crippen LogP contribution < -0.4 is 5.63 Å². The Morgan fingerprint density at radius 2 is 1.63 bits per heavy atom. The van der Waals surface area contributed by atoms with E-state index in [-0.39, 0.29) is 22.3 Å². The highest BCUT2D eigenvalue weighted by Gasteiger charge is 2.17. The van der Waals surface area contributed by atoms with Gasteiger partial charge in [0.25, 0.3) is 5.22 Å². The standard InChI is InChI=1S/C23H14N2O4S/c26-19(18-12-15-7-2-4-11-20(15)28-22(18)27)13-30-23-25-24-21(29-23)17-10-5-8-14-6-1-3-9-16(14)17/h1-12H,13H2. The van der Waals surface area contributed by atoms with Crippen LogP contribution in [0.3, 0.4) is 0 Å². The van der Waals surface area contributed by atoms with Gasteiger partial charge in [-0.1, -0.05) is 66.4 Å². The zero-order valence-corrected chi connectivity index (χ0v) is 16.4. The van der Waals surface area contributed by atoms with Crippen LogP contribution in [0.25, 0.3) is 33.2 Å². The predicted molar refractivity (Wildman–Crippen MR) is 115 cm³/mol. The minimum absolute atomic E-state index is 0.00925. The summed E-state index contributed by atoms with van der Waals surface area (Å²) in [6, 6.07) is 22.4. The van der Waals surface area contributed by atoms with Gasteiger partial charge >= 0.3 is 5.63 Å². The van der Waals surface area contributed by atoms with Crippen LogP contribution in [0.1, 0.15) is 10.4 Å². The molecular weight excluding hydrogens is 400 g/mol. The molecule has 0 saturated heterocycles. The molecule has 0 atom stereocenters. The number of hydrogen-bond donors (Lipinski definition) is 0. The molecule has 0 amide bonds. The van der Waals surface area contributed by atoms with Gasteiger partial charge in [-0.05, 0) is 29.0 Å². The van der Waals surface area contributed by atoms with Gasteiger partial charge in [-0.15, -0.1) is 10.2 Å². The van der Waals surface area contributed by atoms with Crippen LogP contribution in [0.5, 0.6) is 0 Å². The van der Waals surface area contributed by atoms with Gasteiger partial charge in [0, 0.05) is 10.9 Å². The van der Waals surface area contributed by atoms with Crippen LogP contribution in [0.2, 0.25) is 0 Å². The number of aromatic nitrogens is 2. The van der Waals surface area contributed by atoms with Crippen molar-refractivity contribution in [2.75, 3.05) is 5.75 Å². The first-order chi connectivity index (χ1) is 14.7. The Balaban J connectivity index is 1.37. The van der Waals surface area contributed by atoms with Crippen molar-refractivity contribution in [3.63, 3.8) is 0 Å². The number of fused-ring (bicyclic) bond motifs is 2. The number of nitrogens with zero attached hydrogens (tertiary/aromatic N) is 2. The molecule has 146 valence electrons. The molecule has 2 heterocycles. The number of para-hydroxylation sites is 1. The molecule has 0 aliphatic rings. The van der Waals surface area contributed by atoms with Crippen molar-refractivity contribution in [1.29, 1.82) is 0 Å². The third kappa shape index (κ3) is 3.40. The average Bonchev–Trinajstić information content (AvgIpc) is 3.25. The lowest BCUT2D eigenvalue weighted by Crippen LogP contribution is -2.15. The number of thioether (sulfide) groups is 1. The lowest BCUT2D eigenvalue weighted by atomic mass is 10.0. The predicted octanol–water partition coefficient (Wildman–Crippen LogP) is 4.97. The van der Waals surface area contributed by atoms with Gasteiger partial charge in [0.1, 0.15) is 11.1 Å². The summed E-state index contributed by atoms with van der Waals surface area (Å²) >= 11 is 1.09. The SMILES string of the molecule is O=C(CSc1nnc(-c2cccc3ccccc23)o1)c1cc2ccccc2oc1=O. The second-order valence-electron chi connectivity index (χ2n) is 6.60. The first-order valence-corrected chi connectivity index (χ1v) is 10.2. The van der Waals surface area contributed by atoms with Gasteiger partial charge in [-0.25, -0.2) is 4.79 Å². The van der Waals surface area contributed by atoms with E-state index in [1.807, 2.05) is 48.5 Å². The summed E-state index contributed by atoms with van der Waals surface area (Å²) in [6.07, 6.45) is 0. The highest BCUT2D eigenvalue weighted by Crippen LogP contribution is 2.29. The molecule has 0 aliphatic carbocycles. The summed E-state index contributed by atoms with van der Waals surface area (Å²) in [5.74, 6) is 0.0108. The number of ketones is 1. The maximum absolute atomic E-state index is 12.6. The van der Waals surface area contributed by atoms with E-state index in [1.165, 1.54) is 0 Å². The molecule has 0 unspecified atom stereocenters. The first-order valence-electron chi connectivity index (χ1n) is 9.19. The van der Waals surface area contributed by atoms with E-state index in [0.717, 1.165) is 28.1 Å². The summed E-state index contributed by atoms with van der Waals surface area (Å²) in [5, 5.41) is 11.2. The Labute approximate surface area is 174 Å². The number of benzene rings is 3. The molecule has 5 aromatic rings. The number of Topliss-reactive ketones (excluding diaryl/α,β-unsaturated/α-hetero) is 1. The van der Waals surface area contributed by atoms with Crippen molar-refractivity contribution < 1.29 is 13.6 Å². The molecule has 0 spiro atoms. The van der Waals surface area contributed by atoms with E-state index in [4.69, 9.17) is 8.83 Å². The van der Waals surface area contributed by atoms with E-state index >= 15 is 0 Å². The van der Waals surface area contributed by atoms with Crippen LogP contribution in [-0.2, 0) is 0 Å². The zero-order chi connectivity index (χ0) is 20.5. The molecule has 30 heavy (non-hydrogen) atoms. The molecule has 0 radical (unpaired) electrons. The van der Waals surface area contributed by atoms with Crippen molar-refractivity contribution in [3.8, 4) is 11.5 Å². The molecule has 0 fully saturated rings. The molecular formula is C23H14N2O4S. The van der Waals surface area contributed by atoms with Gasteiger partial charge in [-0.2, -0.15) is 0 Å². The van der Waals surface area contributed by atoms with Gasteiger partial charge in [-0.3, -0.25) is 4.79 Å². The summed E-state index contributed by atoms with van der Waals surface area (Å²) in [4.78, 5) is 24.7. The Hall–Kier alpha value is -3.71. The molecule has 0 bridgehead atoms. The van der Waals surface area contributed by atoms with Crippen molar-refractivity contribution in [3.05, 3.63) is 88.8 Å². The third-order valence-electron chi connectivity index (χ3n) is 4.70. The Morgan fingerprint density at radius 1 is 0.867 bits per heavy atom. The van der Waals surface area contributed by atoms with E-state index < -0.39 is 5.63 Å². The van der Waals surface area contributed by atoms with Crippen LogP contribution in [-0.4, -0.2) is 21.7 Å². The lowest BCUT2D eigenvalue weighted by molar-refractivity contribution is 0.101. The number of rotatable bonds is 5. The second kappa shape index (κ2) is 7.61. The number of hydrogen-bond acceptors (Lipinski definition) is 7. The minimum atomic E-state index is -0.652. The van der Waals surface area contributed by atoms with E-state index in [9.17, 15) is 9.59 Å². The fourth-order valence-electron chi connectivity index (χ4n) is 3.25. The van der Waals surface area contributed by atoms with Crippen molar-refractivity contribution in [1.82, 2.24) is 10.2 Å². The lowest BCUT2D eigenvalue weighted by Gasteiger charge is -2.02. The topological polar surface area (TPSA) is 86.2 Å². The van der Waals surface area contributed by atoms with Crippen molar-refractivity contribution >= 4 is 39.3 Å². The molecule has 3 aromatic carbocycles. The molecule has 6 nitrogen and oxygen atoms in total. The largest absolute Gasteiger partial charge is 0.422 e. The molecule has 0 N–H and O–H groups in total. The molecule has 5 rings (SSSR count). The third-order valence-corrected chi connectivity index (χ3v) is 5.51. The highest BCUT2D eigenvalue weighted by molar-refractivity contribution is 7.99. The second-order valence-corrected chi connectivity index (χ2v) is 7.52. The number of carbonyl (C=O) groups excluding carboxylic acids is 1. The summed E-state index contributed by atoms with van der Waals surface area (Å²) in [5.41, 5.74) is 0.633. The van der Waals surface area contributed by atoms with Crippen molar-refractivity contribution in [2.24, 2.45) is 0 Å². The average molecular weight is 414 g/mol. The van der Waals surface area contributed by atoms with E-state index in [1.54, 1.807) is 24.3 Å². The number of carbonyl (C=O) groups is 1. The van der Waals surface area contributed by atoms with Crippen LogP contribution in [0.15, 0.2) is 91.6 Å². The van der Waals surface area contributed by atoms with Crippen LogP contribution >= 0.6 is 11.8 Å². The molecule has 2 aromatic heterocycles. The molecule has 7 heteroatoms. The molecule has 0 saturated carbocycles.